The van der Waals surface area contributed by atoms with Crippen LogP contribution in [0.1, 0.15) is 132 Å². The molecule has 4 rings (SSSR count). The first kappa shape index (κ1) is 30.2. The molecule has 0 bridgehead atoms. The molecule has 1 N–H and O–H groups in total. The van der Waals surface area contributed by atoms with Crippen molar-refractivity contribution in [3.8, 4) is 0 Å². The smallest absolute Gasteiger partial charge is 0.0577 e. The van der Waals surface area contributed by atoms with Crippen molar-refractivity contribution in [3.05, 3.63) is 11.6 Å². The van der Waals surface area contributed by atoms with Crippen LogP contribution in [0.3, 0.4) is 0 Å². The maximum Gasteiger partial charge on any atom is 0.0577 e. The lowest BCUT2D eigenvalue weighted by molar-refractivity contribution is -0.0574. The van der Waals surface area contributed by atoms with Crippen molar-refractivity contribution >= 4 is 0 Å². The molecule has 0 heterocycles. The molecule has 210 valence electrons. The quantitative estimate of drug-likeness (QED) is 0.251. The van der Waals surface area contributed by atoms with Crippen LogP contribution < -0.4 is 0 Å². The van der Waals surface area contributed by atoms with Gasteiger partial charge in [-0.3, -0.25) is 0 Å². The fraction of sp³-hybridized carbons (Fsp3) is 0.941. The van der Waals surface area contributed by atoms with E-state index < -0.39 is 0 Å². The summed E-state index contributed by atoms with van der Waals surface area (Å²) in [4.78, 5) is 0. The SMILES string of the molecule is CC(C)[C@H](C)CC[C@@H](C)[C@H]1CC[C@H]2[C@@H]3CC=C4C[C@@H](O)CC[C@]4(C)[C@H]3CC[C@]12C.CCCOCCC. The van der Waals surface area contributed by atoms with Gasteiger partial charge in [0.15, 0.2) is 0 Å². The zero-order valence-corrected chi connectivity index (χ0v) is 25.5. The fourth-order valence-electron chi connectivity index (χ4n) is 9.07. The summed E-state index contributed by atoms with van der Waals surface area (Å²) in [5.74, 6) is 6.24. The Morgan fingerprint density at radius 1 is 0.917 bits per heavy atom. The minimum atomic E-state index is -0.0790. The Bertz CT molecular complexity index is 693. The molecular weight excluding hydrogens is 440 g/mol. The normalized spacial score (nSPS) is 39.3. The standard InChI is InChI=1S/C28H48O.C6H14O/c1-18(2)19(3)7-8-20(4)24-11-12-25-23-10-9-21-17-22(29)13-15-27(21,5)26(23)14-16-28(24,25)6;1-3-5-7-6-4-2/h9,18-20,22-26,29H,7-8,10-17H2,1-6H3;3-6H2,1-2H3/t19-,20-,22+,23+,24-,25+,26+,27+,28-;/m1./s1. The maximum atomic E-state index is 10.2. The van der Waals surface area contributed by atoms with Gasteiger partial charge in [-0.2, -0.15) is 0 Å². The Morgan fingerprint density at radius 2 is 1.61 bits per heavy atom. The van der Waals surface area contributed by atoms with Gasteiger partial charge < -0.3 is 9.84 Å². The molecule has 3 saturated carbocycles. The van der Waals surface area contributed by atoms with Crippen molar-refractivity contribution in [1.29, 1.82) is 0 Å². The van der Waals surface area contributed by atoms with E-state index in [0.717, 1.165) is 80.3 Å². The summed E-state index contributed by atoms with van der Waals surface area (Å²) in [6, 6.07) is 0. The highest BCUT2D eigenvalue weighted by molar-refractivity contribution is 5.25. The maximum absolute atomic E-state index is 10.2. The van der Waals surface area contributed by atoms with Crippen molar-refractivity contribution < 1.29 is 9.84 Å². The van der Waals surface area contributed by atoms with E-state index in [-0.39, 0.29) is 6.10 Å². The molecule has 0 aromatic carbocycles. The van der Waals surface area contributed by atoms with Crippen LogP contribution in [0.4, 0.5) is 0 Å². The van der Waals surface area contributed by atoms with Gasteiger partial charge in [0.1, 0.15) is 0 Å². The highest BCUT2D eigenvalue weighted by atomic mass is 16.5. The fourth-order valence-corrected chi connectivity index (χ4v) is 9.07. The Kier molecular flexibility index (Phi) is 11.0. The molecule has 0 spiro atoms. The van der Waals surface area contributed by atoms with Crippen LogP contribution in [0.25, 0.3) is 0 Å². The molecule has 4 aliphatic rings. The summed E-state index contributed by atoms with van der Waals surface area (Å²) < 4.78 is 5.13. The second kappa shape index (κ2) is 13.1. The van der Waals surface area contributed by atoms with E-state index in [4.69, 9.17) is 4.74 Å². The Balaban J connectivity index is 0.000000454. The van der Waals surface area contributed by atoms with Gasteiger partial charge in [-0.1, -0.05) is 79.9 Å². The molecule has 0 amide bonds. The lowest BCUT2D eigenvalue weighted by Crippen LogP contribution is -2.50. The third-order valence-electron chi connectivity index (χ3n) is 11.8. The average molecular weight is 503 g/mol. The predicted octanol–water partition coefficient (Wildman–Crippen LogP) is 9.46. The summed E-state index contributed by atoms with van der Waals surface area (Å²) in [5.41, 5.74) is 2.59. The second-order valence-corrected chi connectivity index (χ2v) is 14.3. The zero-order chi connectivity index (χ0) is 26.5. The van der Waals surface area contributed by atoms with E-state index in [9.17, 15) is 5.11 Å². The summed E-state index contributed by atoms with van der Waals surface area (Å²) >= 11 is 0. The van der Waals surface area contributed by atoms with Gasteiger partial charge in [-0.25, -0.2) is 0 Å². The van der Waals surface area contributed by atoms with Gasteiger partial charge in [0.25, 0.3) is 0 Å². The molecule has 2 heteroatoms. The Labute approximate surface area is 225 Å². The zero-order valence-electron chi connectivity index (χ0n) is 25.5. The topological polar surface area (TPSA) is 29.5 Å². The first-order valence-corrected chi connectivity index (χ1v) is 16.0. The highest BCUT2D eigenvalue weighted by Gasteiger charge is 2.59. The van der Waals surface area contributed by atoms with E-state index in [1.165, 1.54) is 51.4 Å². The lowest BCUT2D eigenvalue weighted by atomic mass is 9.47. The largest absolute Gasteiger partial charge is 0.393 e. The molecule has 0 aliphatic heterocycles. The Hall–Kier alpha value is -0.340. The van der Waals surface area contributed by atoms with Crippen molar-refractivity contribution in [2.75, 3.05) is 13.2 Å². The molecule has 0 saturated heterocycles. The van der Waals surface area contributed by atoms with Crippen LogP contribution in [-0.2, 0) is 4.74 Å². The van der Waals surface area contributed by atoms with E-state index >= 15 is 0 Å². The van der Waals surface area contributed by atoms with Gasteiger partial charge in [-0.05, 0) is 116 Å². The van der Waals surface area contributed by atoms with Gasteiger partial charge in [-0.15, -0.1) is 0 Å². The summed E-state index contributed by atoms with van der Waals surface area (Å²) in [6.07, 6.45) is 18.0. The molecule has 36 heavy (non-hydrogen) atoms. The van der Waals surface area contributed by atoms with Crippen LogP contribution in [0.15, 0.2) is 11.6 Å². The number of ether oxygens (including phenoxy) is 1. The summed E-state index contributed by atoms with van der Waals surface area (Å²) in [6.45, 7) is 21.2. The van der Waals surface area contributed by atoms with Gasteiger partial charge >= 0.3 is 0 Å². The Morgan fingerprint density at radius 3 is 2.25 bits per heavy atom. The first-order valence-electron chi connectivity index (χ1n) is 16.0. The molecule has 0 aromatic heterocycles. The third-order valence-corrected chi connectivity index (χ3v) is 11.8. The summed E-state index contributed by atoms with van der Waals surface area (Å²) in [5, 5.41) is 10.2. The molecule has 0 radical (unpaired) electrons. The molecule has 2 nitrogen and oxygen atoms in total. The molecule has 0 aromatic rings. The molecule has 4 aliphatic carbocycles. The number of aliphatic hydroxyl groups excluding tert-OH is 1. The number of hydrogen-bond acceptors (Lipinski definition) is 2. The third kappa shape index (κ3) is 6.44. The van der Waals surface area contributed by atoms with Gasteiger partial charge in [0, 0.05) is 13.2 Å². The number of fused-ring (bicyclic) bond motifs is 5. The van der Waals surface area contributed by atoms with Crippen LogP contribution in [-0.4, -0.2) is 24.4 Å². The van der Waals surface area contributed by atoms with Crippen LogP contribution in [0.5, 0.6) is 0 Å². The lowest BCUT2D eigenvalue weighted by Gasteiger charge is -2.58. The van der Waals surface area contributed by atoms with Crippen LogP contribution in [0.2, 0.25) is 0 Å². The molecule has 0 unspecified atom stereocenters. The van der Waals surface area contributed by atoms with Crippen molar-refractivity contribution in [1.82, 2.24) is 0 Å². The average Bonchev–Trinajstić information content (AvgIpc) is 3.20. The minimum Gasteiger partial charge on any atom is -0.393 e. The number of aliphatic hydroxyl groups is 1. The molecule has 9 atom stereocenters. The van der Waals surface area contributed by atoms with Crippen molar-refractivity contribution in [2.45, 2.75) is 139 Å². The van der Waals surface area contributed by atoms with E-state index in [1.54, 1.807) is 5.57 Å². The monoisotopic (exact) mass is 502 g/mol. The van der Waals surface area contributed by atoms with Crippen LogP contribution in [0, 0.1) is 52.3 Å². The predicted molar refractivity (Wildman–Crippen MR) is 155 cm³/mol. The van der Waals surface area contributed by atoms with E-state index in [0.29, 0.717) is 10.8 Å². The van der Waals surface area contributed by atoms with Gasteiger partial charge in [0.2, 0.25) is 0 Å². The van der Waals surface area contributed by atoms with Crippen LogP contribution >= 0.6 is 0 Å². The number of hydrogen-bond donors (Lipinski definition) is 1. The number of allylic oxidation sites excluding steroid dienone is 1. The van der Waals surface area contributed by atoms with Gasteiger partial charge in [0.05, 0.1) is 6.10 Å². The van der Waals surface area contributed by atoms with Crippen molar-refractivity contribution in [3.63, 3.8) is 0 Å². The van der Waals surface area contributed by atoms with E-state index in [2.05, 4.69) is 61.5 Å². The highest BCUT2D eigenvalue weighted by Crippen LogP contribution is 2.67. The second-order valence-electron chi connectivity index (χ2n) is 14.3. The first-order chi connectivity index (χ1) is 17.1. The van der Waals surface area contributed by atoms with E-state index in [1.807, 2.05) is 0 Å². The summed E-state index contributed by atoms with van der Waals surface area (Å²) in [7, 11) is 0. The minimum absolute atomic E-state index is 0.0790. The van der Waals surface area contributed by atoms with Crippen molar-refractivity contribution in [2.24, 2.45) is 52.3 Å². The molecule has 3 fully saturated rings. The number of rotatable bonds is 9. The molecular formula is C34H62O2.